The van der Waals surface area contributed by atoms with Crippen molar-refractivity contribution < 1.29 is 22.1 Å². The summed E-state index contributed by atoms with van der Waals surface area (Å²) in [7, 11) is -3.98. The predicted octanol–water partition coefficient (Wildman–Crippen LogP) is 2.36. The second kappa shape index (κ2) is 10.1. The van der Waals surface area contributed by atoms with E-state index in [4.69, 9.17) is 21.1 Å². The molecule has 0 unspecified atom stereocenters. The maximum Gasteiger partial charge on any atom is 0.339 e. The van der Waals surface area contributed by atoms with Gasteiger partial charge in [-0.15, -0.1) is 0 Å². The fraction of sp³-hybridized carbons (Fsp3) is 0.333. The molecule has 1 aliphatic rings. The van der Waals surface area contributed by atoms with Crippen LogP contribution in [0.1, 0.15) is 34.3 Å². The molecule has 1 fully saturated rings. The number of thiocarbonyl (C=S) groups is 1. The summed E-state index contributed by atoms with van der Waals surface area (Å²) in [5, 5.41) is 3.27. The third-order valence-corrected chi connectivity index (χ3v) is 6.38. The molecule has 8 nitrogen and oxygen atoms in total. The number of hydrazine groups is 1. The van der Waals surface area contributed by atoms with Gasteiger partial charge in [0.1, 0.15) is 10.6 Å². The van der Waals surface area contributed by atoms with Crippen LogP contribution in [0.25, 0.3) is 0 Å². The zero-order valence-corrected chi connectivity index (χ0v) is 18.9. The Labute approximate surface area is 187 Å². The Balaban J connectivity index is 1.53. The summed E-state index contributed by atoms with van der Waals surface area (Å²) in [4.78, 5) is 12.4. The molecule has 1 heterocycles. The van der Waals surface area contributed by atoms with Gasteiger partial charge in [0.05, 0.1) is 6.10 Å². The van der Waals surface area contributed by atoms with Crippen LogP contribution in [-0.4, -0.2) is 38.7 Å². The molecule has 1 atom stereocenters. The highest BCUT2D eigenvalue weighted by Gasteiger charge is 2.20. The van der Waals surface area contributed by atoms with Crippen molar-refractivity contribution in [1.29, 1.82) is 0 Å². The Morgan fingerprint density at radius 1 is 1.16 bits per heavy atom. The first-order valence-electron chi connectivity index (χ1n) is 9.82. The van der Waals surface area contributed by atoms with Gasteiger partial charge in [-0.05, 0) is 80.4 Å². The molecule has 31 heavy (non-hydrogen) atoms. The van der Waals surface area contributed by atoms with Crippen molar-refractivity contribution >= 4 is 33.4 Å². The maximum atomic E-state index is 12.6. The fourth-order valence-electron chi connectivity index (χ4n) is 3.05. The largest absolute Gasteiger partial charge is 0.379 e. The van der Waals surface area contributed by atoms with Crippen molar-refractivity contribution in [2.75, 3.05) is 13.2 Å². The maximum absolute atomic E-state index is 12.6. The van der Waals surface area contributed by atoms with Crippen molar-refractivity contribution in [3.8, 4) is 5.75 Å². The average molecular weight is 464 g/mol. The summed E-state index contributed by atoms with van der Waals surface area (Å²) in [5.74, 6) is -0.315. The molecule has 3 N–H and O–H groups in total. The molecule has 166 valence electrons. The SMILES string of the molecule is Cc1ccc(C)c(S(=O)(=O)Oc2ccc(C(=O)NNC(=S)NC[C@@H]3CCCO3)cc2)c1. The van der Waals surface area contributed by atoms with Crippen LogP contribution < -0.4 is 20.4 Å². The highest BCUT2D eigenvalue weighted by Crippen LogP contribution is 2.22. The van der Waals surface area contributed by atoms with Gasteiger partial charge >= 0.3 is 10.1 Å². The summed E-state index contributed by atoms with van der Waals surface area (Å²) < 4.78 is 35.9. The molecule has 10 heteroatoms. The van der Waals surface area contributed by atoms with Crippen molar-refractivity contribution in [1.82, 2.24) is 16.2 Å². The Morgan fingerprint density at radius 3 is 2.58 bits per heavy atom. The minimum absolute atomic E-state index is 0.110. The van der Waals surface area contributed by atoms with Crippen LogP contribution in [0, 0.1) is 13.8 Å². The van der Waals surface area contributed by atoms with Gasteiger partial charge < -0.3 is 14.2 Å². The van der Waals surface area contributed by atoms with Gasteiger partial charge in [-0.1, -0.05) is 12.1 Å². The second-order valence-corrected chi connectivity index (χ2v) is 9.18. The van der Waals surface area contributed by atoms with Gasteiger partial charge in [-0.3, -0.25) is 15.6 Å². The molecule has 0 radical (unpaired) electrons. The number of aryl methyl sites for hydroxylation is 2. The van der Waals surface area contributed by atoms with Crippen molar-refractivity contribution in [2.24, 2.45) is 0 Å². The molecule has 1 saturated heterocycles. The van der Waals surface area contributed by atoms with Crippen LogP contribution in [0.2, 0.25) is 0 Å². The smallest absolute Gasteiger partial charge is 0.339 e. The monoisotopic (exact) mass is 463 g/mol. The Hall–Kier alpha value is -2.69. The lowest BCUT2D eigenvalue weighted by atomic mass is 10.2. The van der Waals surface area contributed by atoms with Gasteiger partial charge in [-0.2, -0.15) is 8.42 Å². The number of rotatable bonds is 6. The van der Waals surface area contributed by atoms with Crippen LogP contribution in [0.4, 0.5) is 0 Å². The Kier molecular flexibility index (Phi) is 7.47. The molecule has 2 aromatic carbocycles. The van der Waals surface area contributed by atoms with E-state index in [2.05, 4.69) is 16.2 Å². The quantitative estimate of drug-likeness (QED) is 0.341. The van der Waals surface area contributed by atoms with Crippen LogP contribution in [0.3, 0.4) is 0 Å². The molecule has 0 spiro atoms. The minimum atomic E-state index is -3.98. The van der Waals surface area contributed by atoms with E-state index in [-0.39, 0.29) is 21.9 Å². The van der Waals surface area contributed by atoms with E-state index in [0.29, 0.717) is 17.7 Å². The molecule has 0 aliphatic carbocycles. The lowest BCUT2D eigenvalue weighted by Gasteiger charge is -2.14. The summed E-state index contributed by atoms with van der Waals surface area (Å²) in [5.41, 5.74) is 6.84. The van der Waals surface area contributed by atoms with E-state index in [1.165, 1.54) is 24.3 Å². The molecular formula is C21H25N3O5S2. The number of hydrogen-bond donors (Lipinski definition) is 3. The van der Waals surface area contributed by atoms with Gasteiger partial charge in [0.25, 0.3) is 5.91 Å². The van der Waals surface area contributed by atoms with E-state index in [1.807, 2.05) is 13.0 Å². The first-order valence-corrected chi connectivity index (χ1v) is 11.6. The van der Waals surface area contributed by atoms with Crippen LogP contribution in [0.5, 0.6) is 5.75 Å². The molecule has 0 aromatic heterocycles. The van der Waals surface area contributed by atoms with Gasteiger partial charge in [0.2, 0.25) is 0 Å². The molecular weight excluding hydrogens is 438 g/mol. The summed E-state index contributed by atoms with van der Waals surface area (Å²) in [6, 6.07) is 10.9. The molecule has 1 aliphatic heterocycles. The van der Waals surface area contributed by atoms with Crippen LogP contribution in [-0.2, 0) is 14.9 Å². The molecule has 2 aromatic rings. The van der Waals surface area contributed by atoms with E-state index < -0.39 is 16.0 Å². The van der Waals surface area contributed by atoms with Crippen LogP contribution in [0.15, 0.2) is 47.4 Å². The van der Waals surface area contributed by atoms with Crippen molar-refractivity contribution in [3.63, 3.8) is 0 Å². The predicted molar refractivity (Wildman–Crippen MR) is 120 cm³/mol. The standard InChI is InChI=1S/C21H25N3O5S2/c1-14-5-6-15(2)19(12-14)31(26,27)29-17-9-7-16(8-10-17)20(25)23-24-21(30)22-13-18-4-3-11-28-18/h5-10,12,18H,3-4,11,13H2,1-2H3,(H,23,25)(H2,22,24,30)/t18-/m0/s1. The number of carbonyl (C=O) groups excluding carboxylic acids is 1. The van der Waals surface area contributed by atoms with Crippen LogP contribution >= 0.6 is 12.2 Å². The fourth-order valence-corrected chi connectivity index (χ4v) is 4.43. The number of ether oxygens (including phenoxy) is 1. The third-order valence-electron chi connectivity index (χ3n) is 4.74. The first-order chi connectivity index (χ1) is 14.7. The third kappa shape index (κ3) is 6.39. The van der Waals surface area contributed by atoms with E-state index >= 15 is 0 Å². The van der Waals surface area contributed by atoms with Crippen molar-refractivity contribution in [2.45, 2.75) is 37.7 Å². The summed E-state index contributed by atoms with van der Waals surface area (Å²) in [6.45, 7) is 4.84. The molecule has 1 amide bonds. The number of hydrogen-bond acceptors (Lipinski definition) is 6. The van der Waals surface area contributed by atoms with Crippen molar-refractivity contribution in [3.05, 3.63) is 59.2 Å². The number of nitrogens with one attached hydrogen (secondary N) is 3. The molecule has 3 rings (SSSR count). The minimum Gasteiger partial charge on any atom is -0.379 e. The lowest BCUT2D eigenvalue weighted by Crippen LogP contribution is -2.48. The molecule has 0 saturated carbocycles. The van der Waals surface area contributed by atoms with Gasteiger partial charge in [-0.25, -0.2) is 0 Å². The normalized spacial score (nSPS) is 15.9. The van der Waals surface area contributed by atoms with E-state index in [1.54, 1.807) is 19.1 Å². The summed E-state index contributed by atoms with van der Waals surface area (Å²) >= 11 is 5.12. The van der Waals surface area contributed by atoms with E-state index in [0.717, 1.165) is 25.0 Å². The second-order valence-electron chi connectivity index (χ2n) is 7.25. The topological polar surface area (TPSA) is 106 Å². The highest BCUT2D eigenvalue weighted by atomic mass is 32.2. The van der Waals surface area contributed by atoms with Gasteiger partial charge in [0.15, 0.2) is 5.11 Å². The zero-order valence-electron chi connectivity index (χ0n) is 17.3. The number of amides is 1. The lowest BCUT2D eigenvalue weighted by molar-refractivity contribution is 0.0943. The molecule has 0 bridgehead atoms. The number of carbonyl (C=O) groups is 1. The first kappa shape index (κ1) is 23.0. The van der Waals surface area contributed by atoms with E-state index in [9.17, 15) is 13.2 Å². The number of benzene rings is 2. The Bertz CT molecular complexity index is 1050. The average Bonchev–Trinajstić information content (AvgIpc) is 3.26. The summed E-state index contributed by atoms with van der Waals surface area (Å²) in [6.07, 6.45) is 2.15. The zero-order chi connectivity index (χ0) is 22.4. The highest BCUT2D eigenvalue weighted by molar-refractivity contribution is 7.87. The Morgan fingerprint density at radius 2 is 1.90 bits per heavy atom. The van der Waals surface area contributed by atoms with Gasteiger partial charge in [0, 0.05) is 18.7 Å².